The Morgan fingerprint density at radius 1 is 1.33 bits per heavy atom. The lowest BCUT2D eigenvalue weighted by Crippen LogP contribution is -2.01. The van der Waals surface area contributed by atoms with Gasteiger partial charge in [0.15, 0.2) is 0 Å². The van der Waals surface area contributed by atoms with Gasteiger partial charge in [-0.2, -0.15) is 0 Å². The van der Waals surface area contributed by atoms with Gasteiger partial charge in [-0.1, -0.05) is 6.07 Å². The molecule has 0 aliphatic rings. The van der Waals surface area contributed by atoms with Crippen LogP contribution in [-0.4, -0.2) is 16.1 Å². The van der Waals surface area contributed by atoms with Crippen LogP contribution < -0.4 is 5.32 Å². The molecule has 0 bridgehead atoms. The number of nitrogens with zero attached hydrogens (tertiary/aromatic N) is 1. The van der Waals surface area contributed by atoms with Gasteiger partial charge in [0.1, 0.15) is 11.5 Å². The zero-order valence-corrected chi connectivity index (χ0v) is 11.2. The van der Waals surface area contributed by atoms with Crippen LogP contribution in [0.2, 0.25) is 0 Å². The molecular formula is C12H8FIN2O2. The monoisotopic (exact) mass is 358 g/mol. The SMILES string of the molecule is O=C(O)c1ccc(Nc2cccc(F)c2I)cn1. The first-order valence-electron chi connectivity index (χ1n) is 4.98. The lowest BCUT2D eigenvalue weighted by Gasteiger charge is -2.08. The quantitative estimate of drug-likeness (QED) is 0.827. The van der Waals surface area contributed by atoms with Gasteiger partial charge < -0.3 is 10.4 Å². The third-order valence-corrected chi connectivity index (χ3v) is 3.31. The second-order valence-electron chi connectivity index (χ2n) is 3.46. The van der Waals surface area contributed by atoms with E-state index < -0.39 is 5.97 Å². The zero-order chi connectivity index (χ0) is 13.1. The van der Waals surface area contributed by atoms with Crippen LogP contribution in [-0.2, 0) is 0 Å². The minimum atomic E-state index is -1.08. The van der Waals surface area contributed by atoms with E-state index in [1.807, 2.05) is 22.6 Å². The van der Waals surface area contributed by atoms with Crippen LogP contribution in [0.5, 0.6) is 0 Å². The highest BCUT2D eigenvalue weighted by atomic mass is 127. The van der Waals surface area contributed by atoms with E-state index in [9.17, 15) is 9.18 Å². The zero-order valence-electron chi connectivity index (χ0n) is 9.02. The van der Waals surface area contributed by atoms with E-state index in [4.69, 9.17) is 5.11 Å². The molecule has 2 N–H and O–H groups in total. The first-order chi connectivity index (χ1) is 8.58. The molecule has 1 aromatic carbocycles. The minimum Gasteiger partial charge on any atom is -0.477 e. The van der Waals surface area contributed by atoms with Crippen LogP contribution in [0.3, 0.4) is 0 Å². The molecule has 0 saturated heterocycles. The van der Waals surface area contributed by atoms with Gasteiger partial charge in [-0.25, -0.2) is 14.2 Å². The Bertz CT molecular complexity index is 587. The van der Waals surface area contributed by atoms with E-state index >= 15 is 0 Å². The van der Waals surface area contributed by atoms with Crippen molar-refractivity contribution in [2.24, 2.45) is 0 Å². The summed E-state index contributed by atoms with van der Waals surface area (Å²) in [4.78, 5) is 14.4. The van der Waals surface area contributed by atoms with Crippen LogP contribution in [0, 0.1) is 9.39 Å². The normalized spacial score (nSPS) is 10.1. The molecule has 0 aliphatic carbocycles. The lowest BCUT2D eigenvalue weighted by atomic mass is 10.3. The van der Waals surface area contributed by atoms with E-state index in [0.717, 1.165) is 0 Å². The molecule has 0 amide bonds. The lowest BCUT2D eigenvalue weighted by molar-refractivity contribution is 0.0690. The molecule has 2 rings (SSSR count). The Morgan fingerprint density at radius 2 is 2.11 bits per heavy atom. The van der Waals surface area contributed by atoms with Gasteiger partial charge in [0.25, 0.3) is 0 Å². The first kappa shape index (κ1) is 12.7. The van der Waals surface area contributed by atoms with Crippen molar-refractivity contribution < 1.29 is 14.3 Å². The Kier molecular flexibility index (Phi) is 3.75. The van der Waals surface area contributed by atoms with E-state index in [1.165, 1.54) is 18.3 Å². The number of pyridine rings is 1. The Hall–Kier alpha value is -1.70. The van der Waals surface area contributed by atoms with E-state index in [1.54, 1.807) is 18.2 Å². The largest absolute Gasteiger partial charge is 0.477 e. The van der Waals surface area contributed by atoms with Crippen molar-refractivity contribution >= 4 is 39.9 Å². The number of benzene rings is 1. The van der Waals surface area contributed by atoms with Crippen molar-refractivity contribution in [2.75, 3.05) is 5.32 Å². The highest BCUT2D eigenvalue weighted by molar-refractivity contribution is 14.1. The second-order valence-corrected chi connectivity index (χ2v) is 4.54. The summed E-state index contributed by atoms with van der Waals surface area (Å²) < 4.78 is 13.8. The average molecular weight is 358 g/mol. The maximum atomic E-state index is 13.3. The predicted molar refractivity (Wildman–Crippen MR) is 73.6 cm³/mol. The van der Waals surface area contributed by atoms with Gasteiger partial charge >= 0.3 is 5.97 Å². The minimum absolute atomic E-state index is 0.0329. The number of aromatic nitrogens is 1. The van der Waals surface area contributed by atoms with Crippen LogP contribution in [0.25, 0.3) is 0 Å². The summed E-state index contributed by atoms with van der Waals surface area (Å²) in [5.74, 6) is -1.39. The number of hydrogen-bond donors (Lipinski definition) is 2. The molecule has 0 fully saturated rings. The molecule has 4 nitrogen and oxygen atoms in total. The van der Waals surface area contributed by atoms with Crippen molar-refractivity contribution in [1.82, 2.24) is 4.98 Å². The number of carboxylic acids is 1. The molecule has 0 saturated carbocycles. The number of carboxylic acid groups (broad SMARTS) is 1. The number of nitrogens with one attached hydrogen (secondary N) is 1. The molecule has 92 valence electrons. The van der Waals surface area contributed by atoms with Crippen LogP contribution in [0.1, 0.15) is 10.5 Å². The number of anilines is 2. The molecule has 0 radical (unpaired) electrons. The number of halogens is 2. The Labute approximate surface area is 116 Å². The molecule has 0 unspecified atom stereocenters. The number of carbonyl (C=O) groups is 1. The molecule has 1 heterocycles. The summed E-state index contributed by atoms with van der Waals surface area (Å²) in [5.41, 5.74) is 1.18. The molecule has 0 spiro atoms. The Morgan fingerprint density at radius 3 is 2.72 bits per heavy atom. The van der Waals surface area contributed by atoms with Crippen LogP contribution >= 0.6 is 22.6 Å². The summed E-state index contributed by atoms with van der Waals surface area (Å²) in [7, 11) is 0. The third-order valence-electron chi connectivity index (χ3n) is 2.21. The number of aromatic carboxylic acids is 1. The summed E-state index contributed by atoms with van der Waals surface area (Å²) in [6, 6.07) is 7.67. The summed E-state index contributed by atoms with van der Waals surface area (Å²) in [6.07, 6.45) is 1.39. The van der Waals surface area contributed by atoms with Crippen molar-refractivity contribution in [3.63, 3.8) is 0 Å². The number of rotatable bonds is 3. The highest BCUT2D eigenvalue weighted by Gasteiger charge is 2.07. The highest BCUT2D eigenvalue weighted by Crippen LogP contribution is 2.24. The second kappa shape index (κ2) is 5.30. The molecular weight excluding hydrogens is 350 g/mol. The maximum absolute atomic E-state index is 13.3. The van der Waals surface area contributed by atoms with E-state index in [2.05, 4.69) is 10.3 Å². The molecule has 0 aliphatic heterocycles. The topological polar surface area (TPSA) is 62.2 Å². The van der Waals surface area contributed by atoms with Crippen molar-refractivity contribution in [2.45, 2.75) is 0 Å². The molecule has 2 aromatic rings. The number of hydrogen-bond acceptors (Lipinski definition) is 3. The molecule has 0 atom stereocenters. The van der Waals surface area contributed by atoms with Gasteiger partial charge in [-0.05, 0) is 46.9 Å². The van der Waals surface area contributed by atoms with Gasteiger partial charge in [0, 0.05) is 0 Å². The van der Waals surface area contributed by atoms with Gasteiger partial charge in [0.2, 0.25) is 0 Å². The smallest absolute Gasteiger partial charge is 0.354 e. The fraction of sp³-hybridized carbons (Fsp3) is 0. The van der Waals surface area contributed by atoms with Gasteiger partial charge in [0.05, 0.1) is 21.1 Å². The Balaban J connectivity index is 2.24. The summed E-state index contributed by atoms with van der Waals surface area (Å²) in [5, 5.41) is 11.7. The molecule has 6 heteroatoms. The summed E-state index contributed by atoms with van der Waals surface area (Å²) >= 11 is 1.90. The maximum Gasteiger partial charge on any atom is 0.354 e. The fourth-order valence-corrected chi connectivity index (χ4v) is 1.84. The first-order valence-corrected chi connectivity index (χ1v) is 6.06. The predicted octanol–water partition coefficient (Wildman–Crippen LogP) is 3.27. The molecule has 18 heavy (non-hydrogen) atoms. The van der Waals surface area contributed by atoms with Gasteiger partial charge in [-0.15, -0.1) is 0 Å². The van der Waals surface area contributed by atoms with Crippen molar-refractivity contribution in [1.29, 1.82) is 0 Å². The van der Waals surface area contributed by atoms with Gasteiger partial charge in [-0.3, -0.25) is 0 Å². The van der Waals surface area contributed by atoms with E-state index in [-0.39, 0.29) is 11.5 Å². The summed E-state index contributed by atoms with van der Waals surface area (Å²) in [6.45, 7) is 0. The average Bonchev–Trinajstić information content (AvgIpc) is 2.36. The molecule has 1 aromatic heterocycles. The van der Waals surface area contributed by atoms with E-state index in [0.29, 0.717) is 14.9 Å². The van der Waals surface area contributed by atoms with Crippen molar-refractivity contribution in [3.8, 4) is 0 Å². The van der Waals surface area contributed by atoms with Crippen molar-refractivity contribution in [3.05, 3.63) is 51.6 Å². The van der Waals surface area contributed by atoms with Crippen LogP contribution in [0.15, 0.2) is 36.5 Å². The van der Waals surface area contributed by atoms with Crippen LogP contribution in [0.4, 0.5) is 15.8 Å². The third kappa shape index (κ3) is 2.76. The fourth-order valence-electron chi connectivity index (χ4n) is 1.35. The standard InChI is InChI=1S/C12H8FIN2O2/c13-8-2-1-3-9(11(8)14)16-7-4-5-10(12(17)18)15-6-7/h1-6,16H,(H,17,18).